The monoisotopic (exact) mass is 223 g/mol. The van der Waals surface area contributed by atoms with Gasteiger partial charge in [-0.2, -0.15) is 0 Å². The van der Waals surface area contributed by atoms with Gasteiger partial charge in [-0.1, -0.05) is 18.2 Å². The minimum absolute atomic E-state index is 0.0603. The number of aromatic hydroxyl groups is 1. The third kappa shape index (κ3) is 2.73. The molecule has 5 heteroatoms. The van der Waals surface area contributed by atoms with Crippen LogP contribution < -0.4 is 5.32 Å². The molecule has 5 nitrogen and oxygen atoms in total. The summed E-state index contributed by atoms with van der Waals surface area (Å²) in [6, 6.07) is 5.30. The van der Waals surface area contributed by atoms with Gasteiger partial charge in [0.15, 0.2) is 6.04 Å². The molecule has 16 heavy (non-hydrogen) atoms. The van der Waals surface area contributed by atoms with Crippen LogP contribution in [0.5, 0.6) is 5.75 Å². The predicted molar refractivity (Wildman–Crippen MR) is 56.7 cm³/mol. The Kier molecular flexibility index (Phi) is 4.32. The van der Waals surface area contributed by atoms with Gasteiger partial charge in [0.1, 0.15) is 5.75 Å². The second-order valence-corrected chi connectivity index (χ2v) is 3.03. The first kappa shape index (κ1) is 12.0. The fourth-order valence-electron chi connectivity index (χ4n) is 1.31. The summed E-state index contributed by atoms with van der Waals surface area (Å²) in [5.41, 5.74) is 0.313. The second kappa shape index (κ2) is 5.75. The molecule has 0 spiro atoms. The summed E-state index contributed by atoms with van der Waals surface area (Å²) >= 11 is 0. The van der Waals surface area contributed by atoms with E-state index in [1.807, 2.05) is 0 Å². The van der Waals surface area contributed by atoms with E-state index < -0.39 is 12.0 Å². The summed E-state index contributed by atoms with van der Waals surface area (Å²) in [4.78, 5) is 21.9. The van der Waals surface area contributed by atoms with Crippen molar-refractivity contribution >= 4 is 12.4 Å². The maximum Gasteiger partial charge on any atom is 0.333 e. The van der Waals surface area contributed by atoms with E-state index in [0.717, 1.165) is 0 Å². The molecule has 86 valence electrons. The number of rotatable bonds is 5. The van der Waals surface area contributed by atoms with E-state index in [1.165, 1.54) is 6.07 Å². The van der Waals surface area contributed by atoms with E-state index in [9.17, 15) is 14.7 Å². The molecule has 0 saturated heterocycles. The van der Waals surface area contributed by atoms with Gasteiger partial charge in [-0.25, -0.2) is 4.79 Å². The van der Waals surface area contributed by atoms with Crippen molar-refractivity contribution in [2.75, 3.05) is 6.61 Å². The standard InChI is InChI=1S/C11H13NO4/c1-2-16-11(15)10(12-7-13)8-5-3-4-6-9(8)14/h3-7,10,14H,2H2,1H3,(H,12,13). The van der Waals surface area contributed by atoms with Crippen LogP contribution in [0.1, 0.15) is 18.5 Å². The number of phenolic OH excluding ortho intramolecular Hbond substituents is 1. The number of ether oxygens (including phenoxy) is 1. The van der Waals surface area contributed by atoms with Crippen molar-refractivity contribution in [2.24, 2.45) is 0 Å². The van der Waals surface area contributed by atoms with Crippen molar-refractivity contribution in [1.82, 2.24) is 5.32 Å². The maximum absolute atomic E-state index is 11.5. The maximum atomic E-state index is 11.5. The first-order valence-electron chi connectivity index (χ1n) is 4.85. The highest BCUT2D eigenvalue weighted by molar-refractivity contribution is 5.80. The zero-order valence-corrected chi connectivity index (χ0v) is 8.84. The third-order valence-corrected chi connectivity index (χ3v) is 2.00. The van der Waals surface area contributed by atoms with E-state index in [1.54, 1.807) is 25.1 Å². The fourth-order valence-corrected chi connectivity index (χ4v) is 1.31. The summed E-state index contributed by atoms with van der Waals surface area (Å²) in [5.74, 6) is -0.661. The Morgan fingerprint density at radius 3 is 2.81 bits per heavy atom. The zero-order valence-electron chi connectivity index (χ0n) is 8.84. The van der Waals surface area contributed by atoms with Crippen molar-refractivity contribution < 1.29 is 19.4 Å². The lowest BCUT2D eigenvalue weighted by Gasteiger charge is -2.15. The molecule has 1 atom stereocenters. The van der Waals surface area contributed by atoms with E-state index in [-0.39, 0.29) is 12.4 Å². The van der Waals surface area contributed by atoms with E-state index >= 15 is 0 Å². The molecule has 0 aliphatic heterocycles. The minimum Gasteiger partial charge on any atom is -0.508 e. The molecule has 1 aromatic carbocycles. The summed E-state index contributed by atoms with van der Waals surface area (Å²) in [6.07, 6.45) is 0.397. The molecule has 0 fully saturated rings. The number of phenols is 1. The normalized spacial score (nSPS) is 11.6. The highest BCUT2D eigenvalue weighted by Crippen LogP contribution is 2.24. The lowest BCUT2D eigenvalue weighted by atomic mass is 10.1. The minimum atomic E-state index is -0.973. The Balaban J connectivity index is 2.97. The molecule has 0 aliphatic rings. The topological polar surface area (TPSA) is 75.6 Å². The Morgan fingerprint density at radius 2 is 2.25 bits per heavy atom. The highest BCUT2D eigenvalue weighted by Gasteiger charge is 2.23. The molecule has 1 unspecified atom stereocenters. The molecule has 0 bridgehead atoms. The molecule has 0 aliphatic carbocycles. The molecule has 1 amide bonds. The van der Waals surface area contributed by atoms with Crippen LogP contribution in [0.15, 0.2) is 24.3 Å². The number of hydrogen-bond donors (Lipinski definition) is 2. The molecular weight excluding hydrogens is 210 g/mol. The van der Waals surface area contributed by atoms with Gasteiger partial charge in [-0.05, 0) is 13.0 Å². The van der Waals surface area contributed by atoms with Gasteiger partial charge >= 0.3 is 5.97 Å². The molecule has 2 N–H and O–H groups in total. The molecule has 1 aromatic rings. The Labute approximate surface area is 93.0 Å². The SMILES string of the molecule is CCOC(=O)C(NC=O)c1ccccc1O. The molecule has 0 aromatic heterocycles. The second-order valence-electron chi connectivity index (χ2n) is 3.03. The van der Waals surface area contributed by atoms with Gasteiger partial charge in [0.05, 0.1) is 6.61 Å². The van der Waals surface area contributed by atoms with Gasteiger partial charge in [0.25, 0.3) is 0 Å². The first-order chi connectivity index (χ1) is 7.70. The van der Waals surface area contributed by atoms with Gasteiger partial charge in [-0.15, -0.1) is 0 Å². The number of para-hydroxylation sites is 1. The van der Waals surface area contributed by atoms with Crippen LogP contribution in [-0.2, 0) is 14.3 Å². The van der Waals surface area contributed by atoms with E-state index in [0.29, 0.717) is 12.0 Å². The number of amides is 1. The number of hydrogen-bond acceptors (Lipinski definition) is 4. The van der Waals surface area contributed by atoms with Crippen LogP contribution >= 0.6 is 0 Å². The zero-order chi connectivity index (χ0) is 12.0. The lowest BCUT2D eigenvalue weighted by Crippen LogP contribution is -2.29. The van der Waals surface area contributed by atoms with Crippen LogP contribution in [0, 0.1) is 0 Å². The quantitative estimate of drug-likeness (QED) is 0.570. The third-order valence-electron chi connectivity index (χ3n) is 2.00. The number of carbonyl (C=O) groups is 2. The van der Waals surface area contributed by atoms with Crippen molar-refractivity contribution in [3.05, 3.63) is 29.8 Å². The number of carbonyl (C=O) groups excluding carboxylic acids is 2. The molecule has 0 heterocycles. The largest absolute Gasteiger partial charge is 0.508 e. The smallest absolute Gasteiger partial charge is 0.333 e. The van der Waals surface area contributed by atoms with Crippen LogP contribution in [0.25, 0.3) is 0 Å². The lowest BCUT2D eigenvalue weighted by molar-refractivity contribution is -0.146. The Bertz CT molecular complexity index is 378. The van der Waals surface area contributed by atoms with Crippen LogP contribution in [0.3, 0.4) is 0 Å². The first-order valence-corrected chi connectivity index (χ1v) is 4.85. The number of nitrogens with one attached hydrogen (secondary N) is 1. The van der Waals surface area contributed by atoms with E-state index in [2.05, 4.69) is 5.32 Å². The number of benzene rings is 1. The van der Waals surface area contributed by atoms with Crippen molar-refractivity contribution in [3.63, 3.8) is 0 Å². The summed E-state index contributed by atoms with van der Waals surface area (Å²) < 4.78 is 4.79. The number of esters is 1. The average Bonchev–Trinajstić information content (AvgIpc) is 2.27. The molecule has 0 radical (unpaired) electrons. The van der Waals surface area contributed by atoms with Crippen molar-refractivity contribution in [1.29, 1.82) is 0 Å². The van der Waals surface area contributed by atoms with Gasteiger partial charge < -0.3 is 15.2 Å². The van der Waals surface area contributed by atoms with Gasteiger partial charge in [0.2, 0.25) is 6.41 Å². The molecular formula is C11H13NO4. The predicted octanol–water partition coefficient (Wildman–Crippen LogP) is 0.742. The fraction of sp³-hybridized carbons (Fsp3) is 0.273. The van der Waals surface area contributed by atoms with Gasteiger partial charge in [0, 0.05) is 5.56 Å². The average molecular weight is 223 g/mol. The summed E-state index contributed by atoms with van der Waals surface area (Å²) in [7, 11) is 0. The van der Waals surface area contributed by atoms with Crippen LogP contribution in [0.2, 0.25) is 0 Å². The van der Waals surface area contributed by atoms with Crippen LogP contribution in [0.4, 0.5) is 0 Å². The summed E-state index contributed by atoms with van der Waals surface area (Å²) in [5, 5.41) is 11.9. The molecule has 0 saturated carbocycles. The molecule has 1 rings (SSSR count). The Hall–Kier alpha value is -2.04. The summed E-state index contributed by atoms with van der Waals surface area (Å²) in [6.45, 7) is 1.88. The van der Waals surface area contributed by atoms with Crippen molar-refractivity contribution in [3.8, 4) is 5.75 Å². The van der Waals surface area contributed by atoms with Crippen LogP contribution in [-0.4, -0.2) is 24.1 Å². The Morgan fingerprint density at radius 1 is 1.56 bits per heavy atom. The van der Waals surface area contributed by atoms with Gasteiger partial charge in [-0.3, -0.25) is 4.79 Å². The van der Waals surface area contributed by atoms with E-state index in [4.69, 9.17) is 4.74 Å². The van der Waals surface area contributed by atoms with Crippen molar-refractivity contribution in [2.45, 2.75) is 13.0 Å². The highest BCUT2D eigenvalue weighted by atomic mass is 16.5.